The largest absolute Gasteiger partial charge is 0.450 e. The molecule has 1 heterocycles. The Morgan fingerprint density at radius 3 is 2.32 bits per heavy atom. The molecular weight excluding hydrogens is 284 g/mol. The highest BCUT2D eigenvalue weighted by molar-refractivity contribution is 5.89. The molecule has 22 heavy (non-hydrogen) atoms. The number of carbonyl (C=O) groups excluding carboxylic acids is 2. The normalized spacial score (nSPS) is 14.2. The third-order valence-electron chi connectivity index (χ3n) is 3.36. The van der Waals surface area contributed by atoms with E-state index in [-0.39, 0.29) is 12.1 Å². The average Bonchev–Trinajstić information content (AvgIpc) is 2.56. The highest BCUT2D eigenvalue weighted by Gasteiger charge is 2.24. The second-order valence-electron chi connectivity index (χ2n) is 4.79. The fraction of sp³-hybridized carbons (Fsp3) is 0.400. The first-order valence-corrected chi connectivity index (χ1v) is 7.12. The van der Waals surface area contributed by atoms with Gasteiger partial charge in [0.2, 0.25) is 0 Å². The molecule has 1 aliphatic rings. The lowest BCUT2D eigenvalue weighted by Gasteiger charge is -2.33. The molecule has 0 radical (unpaired) electrons. The van der Waals surface area contributed by atoms with Crippen LogP contribution in [0.3, 0.4) is 0 Å². The van der Waals surface area contributed by atoms with E-state index in [1.54, 1.807) is 41.0 Å². The fourth-order valence-electron chi connectivity index (χ4n) is 2.14. The van der Waals surface area contributed by atoms with Crippen molar-refractivity contribution in [2.24, 2.45) is 0 Å². The van der Waals surface area contributed by atoms with Crippen molar-refractivity contribution < 1.29 is 14.3 Å². The summed E-state index contributed by atoms with van der Waals surface area (Å²) in [5.41, 5.74) is 1.18. The summed E-state index contributed by atoms with van der Waals surface area (Å²) in [5.74, 6) is 0. The number of amides is 3. The number of hydrogen-bond acceptors (Lipinski definition) is 4. The lowest BCUT2D eigenvalue weighted by Crippen LogP contribution is -2.51. The molecule has 0 atom stereocenters. The quantitative estimate of drug-likeness (QED) is 0.903. The van der Waals surface area contributed by atoms with E-state index in [4.69, 9.17) is 10.00 Å². The van der Waals surface area contributed by atoms with Crippen LogP contribution in [0.15, 0.2) is 24.3 Å². The second-order valence-corrected chi connectivity index (χ2v) is 4.79. The molecule has 7 heteroatoms. The predicted molar refractivity (Wildman–Crippen MR) is 80.3 cm³/mol. The van der Waals surface area contributed by atoms with Gasteiger partial charge in [0.25, 0.3) is 0 Å². The van der Waals surface area contributed by atoms with E-state index in [0.717, 1.165) is 0 Å². The number of carbonyl (C=O) groups is 2. The third kappa shape index (κ3) is 3.88. The molecule has 1 aromatic carbocycles. The van der Waals surface area contributed by atoms with Crippen molar-refractivity contribution >= 4 is 17.8 Å². The van der Waals surface area contributed by atoms with E-state index in [0.29, 0.717) is 44.0 Å². The maximum Gasteiger partial charge on any atom is 0.409 e. The lowest BCUT2D eigenvalue weighted by atomic mass is 10.2. The number of nitriles is 1. The molecule has 0 saturated carbocycles. The highest BCUT2D eigenvalue weighted by atomic mass is 16.6. The molecular formula is C15H18N4O3. The van der Waals surface area contributed by atoms with Crippen LogP contribution in [0.2, 0.25) is 0 Å². The Morgan fingerprint density at radius 2 is 1.77 bits per heavy atom. The zero-order chi connectivity index (χ0) is 15.9. The lowest BCUT2D eigenvalue weighted by molar-refractivity contribution is 0.0868. The number of urea groups is 1. The summed E-state index contributed by atoms with van der Waals surface area (Å²) in [5, 5.41) is 11.5. The molecule has 0 unspecified atom stereocenters. The van der Waals surface area contributed by atoms with Crippen molar-refractivity contribution in [1.29, 1.82) is 5.26 Å². The van der Waals surface area contributed by atoms with E-state index in [9.17, 15) is 9.59 Å². The summed E-state index contributed by atoms with van der Waals surface area (Å²) < 4.78 is 4.94. The minimum absolute atomic E-state index is 0.215. The fourth-order valence-corrected chi connectivity index (χ4v) is 2.14. The molecule has 2 rings (SSSR count). The Hall–Kier alpha value is -2.75. The Labute approximate surface area is 129 Å². The van der Waals surface area contributed by atoms with Gasteiger partial charge < -0.3 is 19.9 Å². The van der Waals surface area contributed by atoms with Crippen LogP contribution in [0, 0.1) is 11.3 Å². The second kappa shape index (κ2) is 7.31. The van der Waals surface area contributed by atoms with Gasteiger partial charge >= 0.3 is 12.1 Å². The molecule has 0 aromatic heterocycles. The van der Waals surface area contributed by atoms with Gasteiger partial charge in [-0.3, -0.25) is 0 Å². The summed E-state index contributed by atoms with van der Waals surface area (Å²) in [6.07, 6.45) is -0.338. The van der Waals surface area contributed by atoms with Crippen LogP contribution >= 0.6 is 0 Å². The van der Waals surface area contributed by atoms with Gasteiger partial charge in [0.05, 0.1) is 18.2 Å². The Balaban J connectivity index is 1.84. The molecule has 7 nitrogen and oxygen atoms in total. The standard InChI is InChI=1S/C15H18N4O3/c1-2-22-15(21)19-9-7-18(8-10-19)14(20)17-13-5-3-12(11-16)4-6-13/h3-6H,2,7-10H2,1H3,(H,17,20). The molecule has 1 N–H and O–H groups in total. The number of rotatable bonds is 2. The first kappa shape index (κ1) is 15.6. The molecule has 0 bridgehead atoms. The van der Waals surface area contributed by atoms with E-state index >= 15 is 0 Å². The first-order chi connectivity index (χ1) is 10.6. The molecule has 116 valence electrons. The van der Waals surface area contributed by atoms with Crippen molar-refractivity contribution in [2.75, 3.05) is 38.1 Å². The number of hydrogen-bond donors (Lipinski definition) is 1. The average molecular weight is 302 g/mol. The van der Waals surface area contributed by atoms with E-state index in [1.165, 1.54) is 0 Å². The van der Waals surface area contributed by atoms with Gasteiger partial charge in [-0.15, -0.1) is 0 Å². The molecule has 1 saturated heterocycles. The minimum atomic E-state index is -0.338. The summed E-state index contributed by atoms with van der Waals surface area (Å²) in [7, 11) is 0. The Kier molecular flexibility index (Phi) is 5.20. The highest BCUT2D eigenvalue weighted by Crippen LogP contribution is 2.11. The van der Waals surface area contributed by atoms with Crippen LogP contribution in [0.5, 0.6) is 0 Å². The van der Waals surface area contributed by atoms with Gasteiger partial charge in [0.1, 0.15) is 0 Å². The van der Waals surface area contributed by atoms with Crippen LogP contribution in [-0.2, 0) is 4.74 Å². The predicted octanol–water partition coefficient (Wildman–Crippen LogP) is 1.86. The summed E-state index contributed by atoms with van der Waals surface area (Å²) in [6, 6.07) is 8.48. The number of nitrogens with zero attached hydrogens (tertiary/aromatic N) is 3. The monoisotopic (exact) mass is 302 g/mol. The van der Waals surface area contributed by atoms with E-state index in [1.807, 2.05) is 6.07 Å². The maximum absolute atomic E-state index is 12.1. The SMILES string of the molecule is CCOC(=O)N1CCN(C(=O)Nc2ccc(C#N)cc2)CC1. The summed E-state index contributed by atoms with van der Waals surface area (Å²) in [4.78, 5) is 27.0. The number of anilines is 1. The molecule has 3 amide bonds. The van der Waals surface area contributed by atoms with Crippen molar-refractivity contribution in [3.05, 3.63) is 29.8 Å². The number of ether oxygens (including phenoxy) is 1. The van der Waals surface area contributed by atoms with Gasteiger partial charge in [-0.2, -0.15) is 5.26 Å². The van der Waals surface area contributed by atoms with Crippen molar-refractivity contribution in [1.82, 2.24) is 9.80 Å². The van der Waals surface area contributed by atoms with Crippen LogP contribution in [0.4, 0.5) is 15.3 Å². The maximum atomic E-state index is 12.1. The van der Waals surface area contributed by atoms with Crippen LogP contribution in [0.25, 0.3) is 0 Å². The van der Waals surface area contributed by atoms with Crippen molar-refractivity contribution in [2.45, 2.75) is 6.92 Å². The summed E-state index contributed by atoms with van der Waals surface area (Å²) in [6.45, 7) is 3.94. The molecule has 1 aliphatic heterocycles. The summed E-state index contributed by atoms with van der Waals surface area (Å²) >= 11 is 0. The van der Waals surface area contributed by atoms with Crippen LogP contribution in [-0.4, -0.2) is 54.7 Å². The van der Waals surface area contributed by atoms with Crippen molar-refractivity contribution in [3.8, 4) is 6.07 Å². The minimum Gasteiger partial charge on any atom is -0.450 e. The van der Waals surface area contributed by atoms with Gasteiger partial charge in [0.15, 0.2) is 0 Å². The molecule has 0 aliphatic carbocycles. The topological polar surface area (TPSA) is 85.7 Å². The van der Waals surface area contributed by atoms with Gasteiger partial charge in [-0.05, 0) is 31.2 Å². The van der Waals surface area contributed by atoms with Crippen LogP contribution < -0.4 is 5.32 Å². The van der Waals surface area contributed by atoms with Crippen LogP contribution in [0.1, 0.15) is 12.5 Å². The Bertz CT molecular complexity index is 571. The zero-order valence-electron chi connectivity index (χ0n) is 12.4. The molecule has 0 spiro atoms. The molecule has 1 aromatic rings. The van der Waals surface area contributed by atoms with Gasteiger partial charge in [-0.25, -0.2) is 9.59 Å². The van der Waals surface area contributed by atoms with E-state index < -0.39 is 0 Å². The van der Waals surface area contributed by atoms with E-state index in [2.05, 4.69) is 5.32 Å². The Morgan fingerprint density at radius 1 is 1.18 bits per heavy atom. The molecule has 1 fully saturated rings. The number of benzene rings is 1. The van der Waals surface area contributed by atoms with Crippen molar-refractivity contribution in [3.63, 3.8) is 0 Å². The first-order valence-electron chi connectivity index (χ1n) is 7.12. The number of nitrogens with one attached hydrogen (secondary N) is 1. The number of piperazine rings is 1. The third-order valence-corrected chi connectivity index (χ3v) is 3.36. The zero-order valence-corrected chi connectivity index (χ0v) is 12.4. The smallest absolute Gasteiger partial charge is 0.409 e. The van der Waals surface area contributed by atoms with Gasteiger partial charge in [-0.1, -0.05) is 0 Å². The van der Waals surface area contributed by atoms with Gasteiger partial charge in [0, 0.05) is 31.9 Å².